The van der Waals surface area contributed by atoms with Gasteiger partial charge in [-0.2, -0.15) is 28.2 Å². The van der Waals surface area contributed by atoms with E-state index in [-0.39, 0.29) is 34.7 Å². The molecule has 0 saturated carbocycles. The van der Waals surface area contributed by atoms with Gasteiger partial charge in [0, 0.05) is 6.54 Å². The van der Waals surface area contributed by atoms with E-state index in [1.54, 1.807) is 0 Å². The number of likely N-dealkylation sites (tertiary alicyclic amines) is 1. The van der Waals surface area contributed by atoms with Crippen LogP contribution < -0.4 is 0 Å². The first-order valence-corrected chi connectivity index (χ1v) is 10.4. The number of rotatable bonds is 3. The van der Waals surface area contributed by atoms with Gasteiger partial charge in [0.1, 0.15) is 11.6 Å². The maximum atomic E-state index is 14.1. The molecule has 12 heteroatoms. The summed E-state index contributed by atoms with van der Waals surface area (Å²) < 4.78 is 53.8. The van der Waals surface area contributed by atoms with Crippen molar-refractivity contribution in [3.8, 4) is 5.69 Å². The largest absolute Gasteiger partial charge is 0.417 e. The molecule has 1 N–H and O–H groups in total. The van der Waals surface area contributed by atoms with Crippen LogP contribution in [0.2, 0.25) is 5.02 Å². The third kappa shape index (κ3) is 3.81. The zero-order valence-corrected chi connectivity index (χ0v) is 18.0. The number of fused-ring (bicyclic) bond motifs is 1. The van der Waals surface area contributed by atoms with Crippen molar-refractivity contribution in [2.75, 3.05) is 6.54 Å². The lowest BCUT2D eigenvalue weighted by Gasteiger charge is -2.23. The molecule has 1 aliphatic heterocycles. The summed E-state index contributed by atoms with van der Waals surface area (Å²) in [6.45, 7) is 4.12. The number of hydrogen-bond donors (Lipinski definition) is 1. The number of aromatic nitrogens is 5. The second-order valence-electron chi connectivity index (χ2n) is 7.85. The number of nitrogens with one attached hydrogen (secondary N) is 1. The average Bonchev–Trinajstić information content (AvgIpc) is 3.51. The van der Waals surface area contributed by atoms with Crippen molar-refractivity contribution >= 4 is 28.5 Å². The Labute approximate surface area is 194 Å². The van der Waals surface area contributed by atoms with Crippen molar-refractivity contribution in [1.82, 2.24) is 29.9 Å². The van der Waals surface area contributed by atoms with Gasteiger partial charge in [0.25, 0.3) is 5.91 Å². The number of benzene rings is 2. The van der Waals surface area contributed by atoms with Crippen LogP contribution in [0.3, 0.4) is 0 Å². The molecule has 0 spiro atoms. The summed E-state index contributed by atoms with van der Waals surface area (Å²) in [4.78, 5) is 23.4. The Morgan fingerprint density at radius 1 is 1.18 bits per heavy atom. The predicted molar refractivity (Wildman–Crippen MR) is 115 cm³/mol. The molecular weight excluding hydrogens is 476 g/mol. The average molecular weight is 491 g/mol. The smallest absolute Gasteiger partial charge is 0.340 e. The molecule has 4 aromatic rings. The van der Waals surface area contributed by atoms with E-state index in [0.717, 1.165) is 18.2 Å². The van der Waals surface area contributed by atoms with Crippen LogP contribution in [0.5, 0.6) is 0 Å². The van der Waals surface area contributed by atoms with E-state index in [4.69, 9.17) is 11.6 Å². The fourth-order valence-corrected chi connectivity index (χ4v) is 4.30. The van der Waals surface area contributed by atoms with E-state index >= 15 is 0 Å². The summed E-state index contributed by atoms with van der Waals surface area (Å²) in [7, 11) is 0. The van der Waals surface area contributed by atoms with Gasteiger partial charge in [0.05, 0.1) is 51.3 Å². The van der Waals surface area contributed by atoms with Crippen LogP contribution in [-0.2, 0) is 6.18 Å². The number of aromatic amines is 1. The lowest BCUT2D eigenvalue weighted by molar-refractivity contribution is -0.137. The highest BCUT2D eigenvalue weighted by Crippen LogP contribution is 2.39. The monoisotopic (exact) mass is 490 g/mol. The third-order valence-corrected chi connectivity index (χ3v) is 5.86. The van der Waals surface area contributed by atoms with Crippen molar-refractivity contribution in [2.45, 2.75) is 18.6 Å². The molecule has 1 unspecified atom stereocenters. The highest BCUT2D eigenvalue weighted by Gasteiger charge is 2.37. The van der Waals surface area contributed by atoms with Crippen molar-refractivity contribution in [2.24, 2.45) is 0 Å². The van der Waals surface area contributed by atoms with Gasteiger partial charge in [0.2, 0.25) is 0 Å². The summed E-state index contributed by atoms with van der Waals surface area (Å²) in [5, 5.41) is 7.56. The molecule has 174 valence electrons. The zero-order chi connectivity index (χ0) is 24.2. The Hall–Kier alpha value is -3.73. The Balaban J connectivity index is 1.55. The van der Waals surface area contributed by atoms with Crippen molar-refractivity contribution in [3.63, 3.8) is 0 Å². The molecule has 1 aliphatic rings. The second-order valence-corrected chi connectivity index (χ2v) is 8.26. The first kappa shape index (κ1) is 22.1. The van der Waals surface area contributed by atoms with Gasteiger partial charge >= 0.3 is 6.18 Å². The van der Waals surface area contributed by atoms with E-state index in [1.165, 1.54) is 34.2 Å². The number of hydrogen-bond acceptors (Lipinski definition) is 4. The Morgan fingerprint density at radius 3 is 2.62 bits per heavy atom. The first-order chi connectivity index (χ1) is 16.1. The van der Waals surface area contributed by atoms with Crippen LogP contribution in [0.4, 0.5) is 17.6 Å². The Kier molecular flexibility index (Phi) is 5.16. The van der Waals surface area contributed by atoms with E-state index in [1.807, 2.05) is 0 Å². The molecule has 5 rings (SSSR count). The van der Waals surface area contributed by atoms with Crippen LogP contribution in [0, 0.1) is 5.82 Å². The fraction of sp³-hybridized carbons (Fsp3) is 0.182. The van der Waals surface area contributed by atoms with Gasteiger partial charge in [-0.1, -0.05) is 23.8 Å². The molecular formula is C22H15ClF4N6O. The van der Waals surface area contributed by atoms with Gasteiger partial charge in [0.15, 0.2) is 0 Å². The van der Waals surface area contributed by atoms with Crippen molar-refractivity contribution in [1.29, 1.82) is 0 Å². The van der Waals surface area contributed by atoms with E-state index in [0.29, 0.717) is 12.0 Å². The summed E-state index contributed by atoms with van der Waals surface area (Å²) in [5.74, 6) is -0.871. The second kappa shape index (κ2) is 7.94. The highest BCUT2D eigenvalue weighted by atomic mass is 35.5. The van der Waals surface area contributed by atoms with Crippen LogP contribution in [0.15, 0.2) is 54.9 Å². The van der Waals surface area contributed by atoms with Gasteiger partial charge < -0.3 is 9.88 Å². The standard InChI is InChI=1S/C22H15ClF4N6O/c1-11-6-19(20-30-16-8-14(22(25,26)27)15(23)9-17(16)31-20)32(10-11)21(34)13-7-12(24)2-3-18(13)33-28-4-5-29-33/h2-5,7-9,19H,1,6,10H2,(H,30,31). The normalized spacial score (nSPS) is 16.6. The van der Waals surface area contributed by atoms with E-state index in [2.05, 4.69) is 26.7 Å². The molecule has 7 nitrogen and oxygen atoms in total. The molecule has 1 saturated heterocycles. The van der Waals surface area contributed by atoms with Crippen LogP contribution in [-0.4, -0.2) is 42.3 Å². The quantitative estimate of drug-likeness (QED) is 0.320. The number of carbonyl (C=O) groups excluding carboxylic acids is 1. The number of nitrogens with zero attached hydrogens (tertiary/aromatic N) is 5. The van der Waals surface area contributed by atoms with Gasteiger partial charge in [-0.15, -0.1) is 0 Å². The van der Waals surface area contributed by atoms with Crippen molar-refractivity contribution in [3.05, 3.63) is 82.7 Å². The number of amides is 1. The molecule has 0 bridgehead atoms. The summed E-state index contributed by atoms with van der Waals surface area (Å²) in [5.41, 5.74) is 0.377. The highest BCUT2D eigenvalue weighted by molar-refractivity contribution is 6.32. The van der Waals surface area contributed by atoms with Gasteiger partial charge in [-0.25, -0.2) is 9.37 Å². The Morgan fingerprint density at radius 2 is 1.91 bits per heavy atom. The zero-order valence-electron chi connectivity index (χ0n) is 17.3. The molecule has 2 aromatic heterocycles. The summed E-state index contributed by atoms with van der Waals surface area (Å²) in [6.07, 6.45) is -1.45. The number of carbonyl (C=O) groups is 1. The Bertz CT molecular complexity index is 1430. The van der Waals surface area contributed by atoms with Gasteiger partial charge in [-0.3, -0.25) is 4.79 Å². The lowest BCUT2D eigenvalue weighted by Crippen LogP contribution is -2.32. The number of imidazole rings is 1. The number of alkyl halides is 3. The maximum absolute atomic E-state index is 14.1. The third-order valence-electron chi connectivity index (χ3n) is 5.55. The molecule has 2 aromatic carbocycles. The van der Waals surface area contributed by atoms with Crippen LogP contribution in [0.1, 0.15) is 34.2 Å². The lowest BCUT2D eigenvalue weighted by atomic mass is 10.1. The molecule has 0 radical (unpaired) electrons. The molecule has 1 atom stereocenters. The summed E-state index contributed by atoms with van der Waals surface area (Å²) in [6, 6.07) is 5.04. The van der Waals surface area contributed by atoms with Gasteiger partial charge in [-0.05, 0) is 36.8 Å². The topological polar surface area (TPSA) is 79.7 Å². The molecule has 34 heavy (non-hydrogen) atoms. The van der Waals surface area contributed by atoms with E-state index in [9.17, 15) is 22.4 Å². The maximum Gasteiger partial charge on any atom is 0.417 e. The molecule has 1 fully saturated rings. The SMILES string of the molecule is C=C1CC(c2nc3cc(Cl)c(C(F)(F)F)cc3[nH]2)N(C(=O)c2cc(F)ccc2-n2nccn2)C1. The summed E-state index contributed by atoms with van der Waals surface area (Å²) >= 11 is 5.82. The predicted octanol–water partition coefficient (Wildman–Crippen LogP) is 5.10. The minimum Gasteiger partial charge on any atom is -0.340 e. The number of H-pyrrole nitrogens is 1. The fourth-order valence-electron chi connectivity index (χ4n) is 4.03. The van der Waals surface area contributed by atoms with Crippen LogP contribution in [0.25, 0.3) is 16.7 Å². The van der Waals surface area contributed by atoms with E-state index < -0.39 is 34.5 Å². The molecule has 1 amide bonds. The number of halogens is 5. The molecule has 0 aliphatic carbocycles. The van der Waals surface area contributed by atoms with Crippen molar-refractivity contribution < 1.29 is 22.4 Å². The van der Waals surface area contributed by atoms with Crippen LogP contribution >= 0.6 is 11.6 Å². The first-order valence-electron chi connectivity index (χ1n) is 10.0. The minimum absolute atomic E-state index is 0.0226. The molecule has 3 heterocycles. The minimum atomic E-state index is -4.63.